The van der Waals surface area contributed by atoms with Gasteiger partial charge in [0.25, 0.3) is 0 Å². The molecule has 1 aromatic heterocycles. The predicted molar refractivity (Wildman–Crippen MR) is 88.9 cm³/mol. The Bertz CT molecular complexity index is 450. The fraction of sp³-hybridized carbons (Fsp3) is 0.733. The zero-order valence-corrected chi connectivity index (χ0v) is 13.8. The van der Waals surface area contributed by atoms with Crippen LogP contribution < -0.4 is 10.6 Å². The standard InChI is InChI=1S/C15H26N4S/c1-5-13-18-14(16-3)10(2)15(19-13)17-11-7-6-8-12(9-11)20-4/h11-12H,5-9H2,1-4H3,(H2,16,17,18,19). The zero-order valence-electron chi connectivity index (χ0n) is 13.0. The summed E-state index contributed by atoms with van der Waals surface area (Å²) < 4.78 is 0. The van der Waals surface area contributed by atoms with Crippen molar-refractivity contribution in [2.24, 2.45) is 0 Å². The molecule has 1 heterocycles. The first kappa shape index (κ1) is 15.4. The highest BCUT2D eigenvalue weighted by Gasteiger charge is 2.22. The molecule has 2 unspecified atom stereocenters. The Hall–Kier alpha value is -0.970. The van der Waals surface area contributed by atoms with Gasteiger partial charge in [-0.2, -0.15) is 11.8 Å². The van der Waals surface area contributed by atoms with Crippen LogP contribution >= 0.6 is 11.8 Å². The highest BCUT2D eigenvalue weighted by Crippen LogP contribution is 2.30. The van der Waals surface area contributed by atoms with Gasteiger partial charge in [-0.25, -0.2) is 9.97 Å². The van der Waals surface area contributed by atoms with Crippen LogP contribution in [0.15, 0.2) is 0 Å². The fourth-order valence-electron chi connectivity index (χ4n) is 2.79. The molecular weight excluding hydrogens is 268 g/mol. The maximum Gasteiger partial charge on any atom is 0.134 e. The van der Waals surface area contributed by atoms with Crippen molar-refractivity contribution in [1.29, 1.82) is 0 Å². The third-order valence-corrected chi connectivity index (χ3v) is 5.14. The lowest BCUT2D eigenvalue weighted by Crippen LogP contribution is -2.29. The Morgan fingerprint density at radius 3 is 2.65 bits per heavy atom. The Kier molecular flexibility index (Phi) is 5.52. The summed E-state index contributed by atoms with van der Waals surface area (Å²) in [6.07, 6.45) is 8.23. The third-order valence-electron chi connectivity index (χ3n) is 4.05. The molecule has 2 rings (SSSR count). The minimum Gasteiger partial charge on any atom is -0.373 e. The van der Waals surface area contributed by atoms with Gasteiger partial charge in [0.15, 0.2) is 0 Å². The van der Waals surface area contributed by atoms with Crippen molar-refractivity contribution in [2.45, 2.75) is 57.2 Å². The minimum atomic E-state index is 0.546. The zero-order chi connectivity index (χ0) is 14.5. The lowest BCUT2D eigenvalue weighted by Gasteiger charge is -2.29. The van der Waals surface area contributed by atoms with Gasteiger partial charge in [0.1, 0.15) is 17.5 Å². The smallest absolute Gasteiger partial charge is 0.134 e. The second-order valence-corrected chi connectivity index (χ2v) is 6.57. The van der Waals surface area contributed by atoms with Crippen LogP contribution in [0.4, 0.5) is 11.6 Å². The van der Waals surface area contributed by atoms with E-state index < -0.39 is 0 Å². The Morgan fingerprint density at radius 2 is 2.00 bits per heavy atom. The number of nitrogens with zero attached hydrogens (tertiary/aromatic N) is 2. The highest BCUT2D eigenvalue weighted by atomic mass is 32.2. The molecular formula is C15H26N4S. The number of nitrogens with one attached hydrogen (secondary N) is 2. The average molecular weight is 294 g/mol. The third kappa shape index (κ3) is 3.57. The summed E-state index contributed by atoms with van der Waals surface area (Å²) in [6.45, 7) is 4.18. The first-order valence-electron chi connectivity index (χ1n) is 7.52. The second-order valence-electron chi connectivity index (χ2n) is 5.43. The number of anilines is 2. The second kappa shape index (κ2) is 7.16. The molecule has 1 saturated carbocycles. The van der Waals surface area contributed by atoms with Gasteiger partial charge in [-0.1, -0.05) is 13.3 Å². The van der Waals surface area contributed by atoms with Crippen molar-refractivity contribution in [3.63, 3.8) is 0 Å². The van der Waals surface area contributed by atoms with Gasteiger partial charge in [0.2, 0.25) is 0 Å². The van der Waals surface area contributed by atoms with E-state index in [1.165, 1.54) is 25.7 Å². The van der Waals surface area contributed by atoms with Gasteiger partial charge in [0.05, 0.1) is 0 Å². The summed E-state index contributed by atoms with van der Waals surface area (Å²) in [4.78, 5) is 9.20. The van der Waals surface area contributed by atoms with Gasteiger partial charge in [-0.15, -0.1) is 0 Å². The van der Waals surface area contributed by atoms with E-state index in [9.17, 15) is 0 Å². The molecule has 112 valence electrons. The van der Waals surface area contributed by atoms with E-state index in [4.69, 9.17) is 0 Å². The van der Waals surface area contributed by atoms with E-state index >= 15 is 0 Å². The van der Waals surface area contributed by atoms with Crippen LogP contribution in [0.5, 0.6) is 0 Å². The molecule has 0 aromatic carbocycles. The van der Waals surface area contributed by atoms with Gasteiger partial charge in [-0.05, 0) is 32.4 Å². The Balaban J connectivity index is 2.15. The topological polar surface area (TPSA) is 49.8 Å². The van der Waals surface area contributed by atoms with Gasteiger partial charge in [0, 0.05) is 30.3 Å². The minimum absolute atomic E-state index is 0.546. The molecule has 1 aliphatic carbocycles. The Labute approximate surface area is 126 Å². The van der Waals surface area contributed by atoms with Crippen molar-refractivity contribution < 1.29 is 0 Å². The molecule has 0 amide bonds. The number of aromatic nitrogens is 2. The SMILES string of the molecule is CCc1nc(NC)c(C)c(NC2CCCC(SC)C2)n1. The highest BCUT2D eigenvalue weighted by molar-refractivity contribution is 7.99. The van der Waals surface area contributed by atoms with Gasteiger partial charge >= 0.3 is 0 Å². The number of rotatable bonds is 5. The van der Waals surface area contributed by atoms with Crippen LogP contribution in [0.25, 0.3) is 0 Å². The van der Waals surface area contributed by atoms with E-state index in [0.717, 1.165) is 34.7 Å². The molecule has 0 spiro atoms. The molecule has 1 aromatic rings. The molecule has 1 fully saturated rings. The lowest BCUT2D eigenvalue weighted by atomic mass is 9.95. The summed E-state index contributed by atoms with van der Waals surface area (Å²) in [6, 6.07) is 0.546. The number of hydrogen-bond donors (Lipinski definition) is 2. The number of hydrogen-bond acceptors (Lipinski definition) is 5. The molecule has 0 bridgehead atoms. The van der Waals surface area contributed by atoms with E-state index in [2.05, 4.69) is 40.7 Å². The van der Waals surface area contributed by atoms with Gasteiger partial charge in [-0.3, -0.25) is 0 Å². The molecule has 20 heavy (non-hydrogen) atoms. The lowest BCUT2D eigenvalue weighted by molar-refractivity contribution is 0.472. The van der Waals surface area contributed by atoms with Crippen LogP contribution in [-0.4, -0.2) is 34.6 Å². The monoisotopic (exact) mass is 294 g/mol. The summed E-state index contributed by atoms with van der Waals surface area (Å²) >= 11 is 1.99. The molecule has 0 radical (unpaired) electrons. The first-order chi connectivity index (χ1) is 9.67. The maximum absolute atomic E-state index is 4.68. The largest absolute Gasteiger partial charge is 0.373 e. The summed E-state index contributed by atoms with van der Waals surface area (Å²) in [5.41, 5.74) is 1.12. The van der Waals surface area contributed by atoms with Crippen LogP contribution in [-0.2, 0) is 6.42 Å². The quantitative estimate of drug-likeness (QED) is 0.871. The van der Waals surface area contributed by atoms with Crippen molar-refractivity contribution in [3.8, 4) is 0 Å². The summed E-state index contributed by atoms with van der Waals surface area (Å²) in [5.74, 6) is 2.85. The molecule has 0 aliphatic heterocycles. The van der Waals surface area contributed by atoms with Crippen molar-refractivity contribution in [1.82, 2.24) is 9.97 Å². The van der Waals surface area contributed by atoms with Gasteiger partial charge < -0.3 is 10.6 Å². The summed E-state index contributed by atoms with van der Waals surface area (Å²) in [7, 11) is 1.92. The van der Waals surface area contributed by atoms with E-state index in [1.807, 2.05) is 18.8 Å². The van der Waals surface area contributed by atoms with Crippen molar-refractivity contribution in [3.05, 3.63) is 11.4 Å². The van der Waals surface area contributed by atoms with E-state index in [1.54, 1.807) is 0 Å². The Morgan fingerprint density at radius 1 is 1.25 bits per heavy atom. The molecule has 1 aliphatic rings. The number of aryl methyl sites for hydroxylation is 1. The number of thioether (sulfide) groups is 1. The molecule has 4 nitrogen and oxygen atoms in total. The molecule has 2 atom stereocenters. The summed E-state index contributed by atoms with van der Waals surface area (Å²) in [5, 5.41) is 7.62. The van der Waals surface area contributed by atoms with Crippen LogP contribution in [0.3, 0.4) is 0 Å². The first-order valence-corrected chi connectivity index (χ1v) is 8.81. The molecule has 0 saturated heterocycles. The van der Waals surface area contributed by atoms with E-state index in [0.29, 0.717) is 6.04 Å². The van der Waals surface area contributed by atoms with Crippen LogP contribution in [0.2, 0.25) is 0 Å². The van der Waals surface area contributed by atoms with E-state index in [-0.39, 0.29) is 0 Å². The average Bonchev–Trinajstić information content (AvgIpc) is 2.49. The van der Waals surface area contributed by atoms with Crippen molar-refractivity contribution >= 4 is 23.4 Å². The molecule has 5 heteroatoms. The van der Waals surface area contributed by atoms with Crippen LogP contribution in [0.1, 0.15) is 44.0 Å². The fourth-order valence-corrected chi connectivity index (χ4v) is 3.62. The predicted octanol–water partition coefficient (Wildman–Crippen LogP) is 3.48. The normalized spacial score (nSPS) is 22.6. The van der Waals surface area contributed by atoms with Crippen molar-refractivity contribution in [2.75, 3.05) is 23.9 Å². The molecule has 2 N–H and O–H groups in total. The maximum atomic E-state index is 4.68. The van der Waals surface area contributed by atoms with Crippen LogP contribution in [0, 0.1) is 6.92 Å².